The summed E-state index contributed by atoms with van der Waals surface area (Å²) in [5.74, 6) is 1.64. The van der Waals surface area contributed by atoms with Gasteiger partial charge in [-0.2, -0.15) is 0 Å². The number of hydrogen-bond donors (Lipinski definition) is 1. The molecule has 0 fully saturated rings. The van der Waals surface area contributed by atoms with E-state index in [-0.39, 0.29) is 5.04 Å². The van der Waals surface area contributed by atoms with Crippen molar-refractivity contribution in [2.24, 2.45) is 0 Å². The first-order chi connectivity index (χ1) is 12.3. The fourth-order valence-corrected chi connectivity index (χ4v) is 3.44. The van der Waals surface area contributed by atoms with Gasteiger partial charge >= 0.3 is 0 Å². The van der Waals surface area contributed by atoms with E-state index in [0.29, 0.717) is 33.0 Å². The van der Waals surface area contributed by atoms with E-state index in [1.54, 1.807) is 0 Å². The van der Waals surface area contributed by atoms with E-state index < -0.39 is 8.32 Å². The summed E-state index contributed by atoms with van der Waals surface area (Å²) in [5.41, 5.74) is 0. The van der Waals surface area contributed by atoms with Crippen LogP contribution in [0.5, 0.6) is 11.5 Å². The lowest BCUT2D eigenvalue weighted by Crippen LogP contribution is -2.39. The van der Waals surface area contributed by atoms with Gasteiger partial charge in [-0.1, -0.05) is 13.8 Å². The Morgan fingerprint density at radius 3 is 2.19 bits per heavy atom. The Hall–Kier alpha value is -1.02. The third-order valence-electron chi connectivity index (χ3n) is 5.23. The van der Waals surface area contributed by atoms with Gasteiger partial charge in [-0.05, 0) is 31.0 Å². The third-order valence-corrected chi connectivity index (χ3v) is 8.79. The second-order valence-corrected chi connectivity index (χ2v) is 12.5. The van der Waals surface area contributed by atoms with Crippen LogP contribution in [0.3, 0.4) is 0 Å². The van der Waals surface area contributed by atoms with Crippen molar-refractivity contribution in [3.63, 3.8) is 0 Å². The van der Waals surface area contributed by atoms with Gasteiger partial charge in [-0.15, -0.1) is 0 Å². The van der Waals surface area contributed by atoms with Crippen LogP contribution >= 0.6 is 0 Å². The molecule has 1 N–H and O–H groups in total. The summed E-state index contributed by atoms with van der Waals surface area (Å²) < 4.78 is 24.6. The molecular weight excluding hydrogens is 350 g/mol. The Morgan fingerprint density at radius 1 is 1.04 bits per heavy atom. The monoisotopic (exact) mass is 385 g/mol. The molecule has 1 aliphatic rings. The van der Waals surface area contributed by atoms with Crippen LogP contribution in [0.4, 0.5) is 0 Å². The van der Waals surface area contributed by atoms with Crippen LogP contribution in [0.2, 0.25) is 18.1 Å². The lowest BCUT2D eigenvalue weighted by atomic mass is 10.1. The lowest BCUT2D eigenvalue weighted by molar-refractivity contribution is 0.0428. The molecule has 0 bridgehead atoms. The molecule has 6 nitrogen and oxygen atoms in total. The SMILES string of the molecule is CC(C)(CCCOCCOCCn1cc2c(c1)OCCCO2)[Si](C)(C)O. The zero-order chi connectivity index (χ0) is 19.0. The smallest absolute Gasteiger partial charge is 0.188 e. The molecule has 1 aliphatic heterocycles. The molecule has 0 aromatic carbocycles. The highest BCUT2D eigenvalue weighted by atomic mass is 28.4. The van der Waals surface area contributed by atoms with Crippen molar-refractivity contribution in [2.45, 2.75) is 57.8 Å². The molecule has 1 aromatic rings. The van der Waals surface area contributed by atoms with Gasteiger partial charge < -0.3 is 28.3 Å². The van der Waals surface area contributed by atoms with Gasteiger partial charge in [0.15, 0.2) is 19.8 Å². The summed E-state index contributed by atoms with van der Waals surface area (Å²) >= 11 is 0. The first kappa shape index (κ1) is 21.3. The first-order valence-corrected chi connectivity index (χ1v) is 12.6. The minimum absolute atomic E-state index is 0.0230. The van der Waals surface area contributed by atoms with E-state index in [4.69, 9.17) is 18.9 Å². The molecule has 2 rings (SSSR count). The highest BCUT2D eigenvalue weighted by Crippen LogP contribution is 2.39. The van der Waals surface area contributed by atoms with Gasteiger partial charge in [-0.3, -0.25) is 0 Å². The maximum absolute atomic E-state index is 10.3. The minimum Gasteiger partial charge on any atom is -0.488 e. The summed E-state index contributed by atoms with van der Waals surface area (Å²) in [6, 6.07) is 0. The molecule has 7 heteroatoms. The molecule has 0 amide bonds. The molecule has 0 saturated carbocycles. The number of hydrogen-bond acceptors (Lipinski definition) is 5. The van der Waals surface area contributed by atoms with Gasteiger partial charge in [0.25, 0.3) is 0 Å². The van der Waals surface area contributed by atoms with Crippen molar-refractivity contribution >= 4 is 8.32 Å². The van der Waals surface area contributed by atoms with Crippen LogP contribution in [0.25, 0.3) is 0 Å². The van der Waals surface area contributed by atoms with Crippen molar-refractivity contribution in [1.82, 2.24) is 4.57 Å². The Balaban J connectivity index is 1.50. The van der Waals surface area contributed by atoms with Crippen LogP contribution < -0.4 is 9.47 Å². The van der Waals surface area contributed by atoms with Crippen LogP contribution in [-0.2, 0) is 16.0 Å². The molecule has 1 aromatic heterocycles. The van der Waals surface area contributed by atoms with Gasteiger partial charge in [-0.25, -0.2) is 0 Å². The molecule has 0 spiro atoms. The molecular formula is C19H35NO5Si. The number of rotatable bonds is 11. The van der Waals surface area contributed by atoms with Crippen molar-refractivity contribution in [1.29, 1.82) is 0 Å². The topological polar surface area (TPSA) is 62.1 Å². The first-order valence-electron chi connectivity index (χ1n) is 9.63. The van der Waals surface area contributed by atoms with E-state index in [9.17, 15) is 4.80 Å². The van der Waals surface area contributed by atoms with E-state index in [0.717, 1.165) is 43.9 Å². The predicted molar refractivity (Wildman–Crippen MR) is 105 cm³/mol. The number of fused-ring (bicyclic) bond motifs is 1. The summed E-state index contributed by atoms with van der Waals surface area (Å²) in [4.78, 5) is 10.3. The lowest BCUT2D eigenvalue weighted by Gasteiger charge is -2.35. The van der Waals surface area contributed by atoms with Crippen LogP contribution in [-0.4, -0.2) is 57.3 Å². The van der Waals surface area contributed by atoms with Crippen molar-refractivity contribution < 1.29 is 23.7 Å². The fourth-order valence-electron chi connectivity index (χ4n) is 2.65. The van der Waals surface area contributed by atoms with Crippen LogP contribution in [0.15, 0.2) is 12.4 Å². The normalized spacial score (nSPS) is 15.1. The quantitative estimate of drug-likeness (QED) is 0.467. The average Bonchev–Trinajstić information content (AvgIpc) is 2.81. The van der Waals surface area contributed by atoms with E-state index >= 15 is 0 Å². The van der Waals surface area contributed by atoms with Crippen LogP contribution in [0.1, 0.15) is 33.1 Å². The van der Waals surface area contributed by atoms with E-state index in [1.807, 2.05) is 30.1 Å². The van der Waals surface area contributed by atoms with Gasteiger partial charge in [0.1, 0.15) is 0 Å². The second kappa shape index (κ2) is 9.78. The summed E-state index contributed by atoms with van der Waals surface area (Å²) in [5, 5.41) is 0.0230. The zero-order valence-electron chi connectivity index (χ0n) is 16.8. The molecule has 0 unspecified atom stereocenters. The Bertz CT molecular complexity index is 515. The van der Waals surface area contributed by atoms with Crippen molar-refractivity contribution in [3.05, 3.63) is 12.4 Å². The standard InChI is InChI=1S/C19H35NO5Si/c1-19(2,26(3,4)21)7-5-9-22-13-14-23-12-8-20-15-17-18(16-20)25-11-6-10-24-17/h15-16,21H,5-14H2,1-4H3. The average molecular weight is 386 g/mol. The highest BCUT2D eigenvalue weighted by Gasteiger charge is 2.37. The fraction of sp³-hybridized carbons (Fsp3) is 0.789. The molecule has 0 saturated heterocycles. The maximum Gasteiger partial charge on any atom is 0.188 e. The van der Waals surface area contributed by atoms with Gasteiger partial charge in [0, 0.05) is 19.6 Å². The minimum atomic E-state index is -2.11. The molecule has 0 radical (unpaired) electrons. The van der Waals surface area contributed by atoms with Crippen molar-refractivity contribution in [2.75, 3.05) is 39.6 Å². The zero-order valence-corrected chi connectivity index (χ0v) is 17.8. The summed E-state index contributed by atoms with van der Waals surface area (Å²) in [6.07, 6.45) is 6.82. The molecule has 0 atom stereocenters. The molecule has 2 heterocycles. The molecule has 0 aliphatic carbocycles. The van der Waals surface area contributed by atoms with Crippen LogP contribution in [0, 0.1) is 0 Å². The van der Waals surface area contributed by atoms with Crippen molar-refractivity contribution in [3.8, 4) is 11.5 Å². The largest absolute Gasteiger partial charge is 0.488 e. The van der Waals surface area contributed by atoms with Gasteiger partial charge in [0.2, 0.25) is 0 Å². The highest BCUT2D eigenvalue weighted by molar-refractivity contribution is 6.72. The Kier molecular flexibility index (Phi) is 8.00. The molecule has 150 valence electrons. The number of ether oxygens (including phenoxy) is 4. The van der Waals surface area contributed by atoms with E-state index in [2.05, 4.69) is 13.8 Å². The summed E-state index contributed by atoms with van der Waals surface area (Å²) in [7, 11) is -2.11. The summed E-state index contributed by atoms with van der Waals surface area (Å²) in [6.45, 7) is 13.0. The maximum atomic E-state index is 10.3. The Labute approximate surface area is 158 Å². The second-order valence-electron chi connectivity index (χ2n) is 8.05. The number of aromatic nitrogens is 1. The molecule has 26 heavy (non-hydrogen) atoms. The van der Waals surface area contributed by atoms with Gasteiger partial charge in [0.05, 0.1) is 45.4 Å². The number of nitrogens with zero attached hydrogens (tertiary/aromatic N) is 1. The third kappa shape index (κ3) is 6.61. The predicted octanol–water partition coefficient (Wildman–Crippen LogP) is 3.44. The Morgan fingerprint density at radius 2 is 1.62 bits per heavy atom. The van der Waals surface area contributed by atoms with E-state index in [1.165, 1.54) is 0 Å².